The molecule has 0 bridgehead atoms. The van der Waals surface area contributed by atoms with Crippen molar-refractivity contribution >= 4 is 17.1 Å². The van der Waals surface area contributed by atoms with Crippen molar-refractivity contribution in [1.82, 2.24) is 29.0 Å². The first-order valence-corrected chi connectivity index (χ1v) is 10.6. The third kappa shape index (κ3) is 4.68. The van der Waals surface area contributed by atoms with Crippen molar-refractivity contribution in [2.24, 2.45) is 14.1 Å². The zero-order chi connectivity index (χ0) is 24.6. The summed E-state index contributed by atoms with van der Waals surface area (Å²) in [7, 11) is 2.87. The van der Waals surface area contributed by atoms with Gasteiger partial charge in [-0.15, -0.1) is 0 Å². The van der Waals surface area contributed by atoms with Crippen LogP contribution in [0, 0.1) is 0 Å². The Hall–Kier alpha value is -3.64. The van der Waals surface area contributed by atoms with Crippen LogP contribution in [0.5, 0.6) is 5.88 Å². The number of carbonyl (C=O) groups is 1. The lowest BCUT2D eigenvalue weighted by Gasteiger charge is -2.29. The fourth-order valence-corrected chi connectivity index (χ4v) is 4.06. The average molecular weight is 480 g/mol. The molecule has 1 aliphatic rings. The van der Waals surface area contributed by atoms with Crippen LogP contribution in [0.2, 0.25) is 0 Å². The SMILES string of the molecule is Cn1c(=O)c2c(ncn2CC(=O)NC2CCC(Oc3ccc(C(F)(F)F)cn3)CC2)n(C)c1=O. The Kier molecular flexibility index (Phi) is 6.19. The van der Waals surface area contributed by atoms with Gasteiger partial charge in [0.2, 0.25) is 11.8 Å². The molecule has 0 aliphatic heterocycles. The number of alkyl halides is 3. The molecule has 3 aromatic heterocycles. The summed E-state index contributed by atoms with van der Waals surface area (Å²) in [5.74, 6) is -0.174. The number of fused-ring (bicyclic) bond motifs is 1. The predicted molar refractivity (Wildman–Crippen MR) is 114 cm³/mol. The summed E-state index contributed by atoms with van der Waals surface area (Å²) in [6.45, 7) is -0.129. The highest BCUT2D eigenvalue weighted by atomic mass is 19.4. The highest BCUT2D eigenvalue weighted by Crippen LogP contribution is 2.30. The molecule has 0 radical (unpaired) electrons. The van der Waals surface area contributed by atoms with Crippen LogP contribution in [-0.4, -0.2) is 41.7 Å². The van der Waals surface area contributed by atoms with Gasteiger partial charge in [0.25, 0.3) is 5.56 Å². The molecule has 0 saturated heterocycles. The maximum atomic E-state index is 12.6. The Morgan fingerprint density at radius 3 is 2.44 bits per heavy atom. The number of aryl methyl sites for hydroxylation is 1. The van der Waals surface area contributed by atoms with Crippen LogP contribution < -0.4 is 21.3 Å². The minimum absolute atomic E-state index is 0.102. The van der Waals surface area contributed by atoms with Crippen LogP contribution in [0.3, 0.4) is 0 Å². The second-order valence-corrected chi connectivity index (χ2v) is 8.29. The van der Waals surface area contributed by atoms with Gasteiger partial charge in [-0.1, -0.05) is 0 Å². The summed E-state index contributed by atoms with van der Waals surface area (Å²) in [6, 6.07) is 2.03. The molecule has 1 amide bonds. The van der Waals surface area contributed by atoms with E-state index in [9.17, 15) is 27.6 Å². The van der Waals surface area contributed by atoms with Gasteiger partial charge in [-0.2, -0.15) is 13.2 Å². The summed E-state index contributed by atoms with van der Waals surface area (Å²) in [4.78, 5) is 44.9. The number of ether oxygens (including phenoxy) is 1. The lowest BCUT2D eigenvalue weighted by atomic mass is 9.93. The highest BCUT2D eigenvalue weighted by Gasteiger charge is 2.31. The number of nitrogens with zero attached hydrogens (tertiary/aromatic N) is 5. The van der Waals surface area contributed by atoms with Gasteiger partial charge in [0.05, 0.1) is 11.9 Å². The Bertz CT molecular complexity index is 1320. The molecule has 4 rings (SSSR count). The molecule has 1 saturated carbocycles. The monoisotopic (exact) mass is 480 g/mol. The molecule has 13 heteroatoms. The fourth-order valence-electron chi connectivity index (χ4n) is 4.06. The zero-order valence-electron chi connectivity index (χ0n) is 18.5. The third-order valence-corrected chi connectivity index (χ3v) is 5.92. The number of carbonyl (C=O) groups excluding carboxylic acids is 1. The highest BCUT2D eigenvalue weighted by molar-refractivity contribution is 5.79. The smallest absolute Gasteiger partial charge is 0.417 e. The lowest BCUT2D eigenvalue weighted by Crippen LogP contribution is -2.41. The lowest BCUT2D eigenvalue weighted by molar-refractivity contribution is -0.137. The van der Waals surface area contributed by atoms with Gasteiger partial charge in [-0.05, 0) is 31.7 Å². The van der Waals surface area contributed by atoms with Gasteiger partial charge in [0, 0.05) is 32.4 Å². The van der Waals surface area contributed by atoms with Crippen molar-refractivity contribution in [3.8, 4) is 5.88 Å². The minimum atomic E-state index is -4.45. The molecule has 0 atom stereocenters. The van der Waals surface area contributed by atoms with E-state index in [1.54, 1.807) is 0 Å². The first kappa shape index (κ1) is 23.5. The molecule has 3 heterocycles. The van der Waals surface area contributed by atoms with E-state index >= 15 is 0 Å². The number of aromatic nitrogens is 5. The van der Waals surface area contributed by atoms with Gasteiger partial charge < -0.3 is 14.6 Å². The summed E-state index contributed by atoms with van der Waals surface area (Å²) in [5.41, 5.74) is -1.50. The van der Waals surface area contributed by atoms with E-state index in [1.807, 2.05) is 0 Å². The Balaban J connectivity index is 1.32. The number of nitrogens with one attached hydrogen (secondary N) is 1. The standard InChI is InChI=1S/C21H23F3N6O4/c1-28-18-17(19(32)29(2)20(28)33)30(11-26-18)10-15(31)27-13-4-6-14(7-5-13)34-16-8-3-12(9-25-16)21(22,23)24/h3,8-9,11,13-14H,4-7,10H2,1-2H3,(H,27,31). The van der Waals surface area contributed by atoms with E-state index in [1.165, 1.54) is 35.6 Å². The Morgan fingerprint density at radius 2 is 1.82 bits per heavy atom. The molecule has 0 aromatic carbocycles. The second kappa shape index (κ2) is 8.95. The number of pyridine rings is 1. The number of imidazole rings is 1. The minimum Gasteiger partial charge on any atom is -0.474 e. The van der Waals surface area contributed by atoms with Crippen molar-refractivity contribution in [1.29, 1.82) is 0 Å². The van der Waals surface area contributed by atoms with Crippen molar-refractivity contribution < 1.29 is 22.7 Å². The number of rotatable bonds is 5. The van der Waals surface area contributed by atoms with Crippen LogP contribution in [0.4, 0.5) is 13.2 Å². The first-order valence-electron chi connectivity index (χ1n) is 10.6. The molecule has 182 valence electrons. The van der Waals surface area contributed by atoms with E-state index in [-0.39, 0.29) is 41.6 Å². The van der Waals surface area contributed by atoms with E-state index in [0.717, 1.165) is 16.8 Å². The van der Waals surface area contributed by atoms with E-state index in [4.69, 9.17) is 4.74 Å². The average Bonchev–Trinajstić information content (AvgIpc) is 3.21. The van der Waals surface area contributed by atoms with Gasteiger partial charge >= 0.3 is 11.9 Å². The maximum absolute atomic E-state index is 12.6. The van der Waals surface area contributed by atoms with Crippen LogP contribution in [0.1, 0.15) is 31.2 Å². The van der Waals surface area contributed by atoms with E-state index in [2.05, 4.69) is 15.3 Å². The molecule has 1 aliphatic carbocycles. The summed E-state index contributed by atoms with van der Waals surface area (Å²) >= 11 is 0. The molecular weight excluding hydrogens is 457 g/mol. The molecular formula is C21H23F3N6O4. The van der Waals surface area contributed by atoms with Gasteiger partial charge in [0.15, 0.2) is 11.2 Å². The molecule has 0 spiro atoms. The molecule has 34 heavy (non-hydrogen) atoms. The second-order valence-electron chi connectivity index (χ2n) is 8.29. The zero-order valence-corrected chi connectivity index (χ0v) is 18.5. The third-order valence-electron chi connectivity index (χ3n) is 5.92. The normalized spacial score (nSPS) is 18.7. The summed E-state index contributed by atoms with van der Waals surface area (Å²) in [6.07, 6.45) is -0.114. The van der Waals surface area contributed by atoms with Crippen LogP contribution in [0.25, 0.3) is 11.2 Å². The van der Waals surface area contributed by atoms with Crippen molar-refractivity contribution in [2.75, 3.05) is 0 Å². The van der Waals surface area contributed by atoms with Gasteiger partial charge in [-0.3, -0.25) is 18.7 Å². The van der Waals surface area contributed by atoms with Crippen LogP contribution >= 0.6 is 0 Å². The number of hydrogen-bond acceptors (Lipinski definition) is 6. The fraction of sp³-hybridized carbons (Fsp3) is 0.476. The maximum Gasteiger partial charge on any atom is 0.417 e. The predicted octanol–water partition coefficient (Wildman–Crippen LogP) is 1.35. The largest absolute Gasteiger partial charge is 0.474 e. The molecule has 0 unspecified atom stereocenters. The molecule has 10 nitrogen and oxygen atoms in total. The van der Waals surface area contributed by atoms with Crippen molar-refractivity contribution in [3.63, 3.8) is 0 Å². The van der Waals surface area contributed by atoms with Crippen LogP contribution in [-0.2, 0) is 31.6 Å². The quantitative estimate of drug-likeness (QED) is 0.590. The number of amides is 1. The van der Waals surface area contributed by atoms with Crippen LogP contribution in [0.15, 0.2) is 34.2 Å². The number of hydrogen-bond donors (Lipinski definition) is 1. The molecule has 3 aromatic rings. The van der Waals surface area contributed by atoms with Crippen molar-refractivity contribution in [3.05, 3.63) is 51.1 Å². The van der Waals surface area contributed by atoms with Crippen molar-refractivity contribution in [2.45, 2.75) is 50.6 Å². The molecule has 1 N–H and O–H groups in total. The summed E-state index contributed by atoms with van der Waals surface area (Å²) < 4.78 is 47.2. The van der Waals surface area contributed by atoms with Gasteiger partial charge in [0.1, 0.15) is 12.6 Å². The first-order chi connectivity index (χ1) is 16.0. The van der Waals surface area contributed by atoms with Gasteiger partial charge in [-0.25, -0.2) is 14.8 Å². The Labute approximate surface area is 191 Å². The summed E-state index contributed by atoms with van der Waals surface area (Å²) in [5, 5.41) is 2.93. The van der Waals surface area contributed by atoms with E-state index < -0.39 is 23.0 Å². The Morgan fingerprint density at radius 1 is 1.12 bits per heavy atom. The molecule has 1 fully saturated rings. The van der Waals surface area contributed by atoms with E-state index in [0.29, 0.717) is 25.7 Å². The topological polar surface area (TPSA) is 113 Å². The number of halogens is 3.